The second kappa shape index (κ2) is 7.47. The van der Waals surface area contributed by atoms with Crippen LogP contribution in [0.1, 0.15) is 41.6 Å². The van der Waals surface area contributed by atoms with Crippen LogP contribution >= 0.6 is 0 Å². The number of aryl methyl sites for hydroxylation is 1. The predicted molar refractivity (Wildman–Crippen MR) is 92.4 cm³/mol. The fraction of sp³-hybridized carbons (Fsp3) is 0.333. The van der Waals surface area contributed by atoms with Crippen LogP contribution in [-0.2, 0) is 19.4 Å². The van der Waals surface area contributed by atoms with Gasteiger partial charge in [0.25, 0.3) is 5.91 Å². The lowest BCUT2D eigenvalue weighted by molar-refractivity contribution is 0.0768. The number of amides is 1. The van der Waals surface area contributed by atoms with Gasteiger partial charge in [0.1, 0.15) is 5.82 Å². The average Bonchev–Trinajstić information content (AvgIpc) is 3.28. The zero-order chi connectivity index (χ0) is 18.7. The Morgan fingerprint density at radius 2 is 1.96 bits per heavy atom. The van der Waals surface area contributed by atoms with E-state index in [0.717, 1.165) is 5.69 Å². The van der Waals surface area contributed by atoms with Gasteiger partial charge in [-0.1, -0.05) is 19.0 Å². The van der Waals surface area contributed by atoms with Crippen LogP contribution in [0, 0.1) is 5.82 Å². The van der Waals surface area contributed by atoms with E-state index in [1.165, 1.54) is 23.2 Å². The molecule has 3 rings (SSSR count). The Kier molecular flexibility index (Phi) is 5.11. The van der Waals surface area contributed by atoms with Crippen LogP contribution in [0.3, 0.4) is 0 Å². The van der Waals surface area contributed by atoms with Crippen molar-refractivity contribution in [2.45, 2.75) is 33.2 Å². The van der Waals surface area contributed by atoms with E-state index in [9.17, 15) is 9.18 Å². The van der Waals surface area contributed by atoms with Crippen LogP contribution in [0.4, 0.5) is 4.39 Å². The molecule has 1 aromatic carbocycles. The van der Waals surface area contributed by atoms with Crippen molar-refractivity contribution in [1.29, 1.82) is 0 Å². The third kappa shape index (κ3) is 3.49. The number of rotatable bonds is 6. The molecule has 0 radical (unpaired) electrons. The van der Waals surface area contributed by atoms with Gasteiger partial charge in [0.2, 0.25) is 5.89 Å². The number of aromatic nitrogens is 4. The Labute approximate surface area is 150 Å². The highest BCUT2D eigenvalue weighted by molar-refractivity contribution is 5.95. The molecule has 26 heavy (non-hydrogen) atoms. The van der Waals surface area contributed by atoms with Crippen LogP contribution < -0.4 is 0 Å². The zero-order valence-corrected chi connectivity index (χ0v) is 14.9. The molecule has 136 valence electrons. The Hall–Kier alpha value is -3.03. The summed E-state index contributed by atoms with van der Waals surface area (Å²) in [5.74, 6) is 0.494. The summed E-state index contributed by atoms with van der Waals surface area (Å²) in [7, 11) is 1.67. The number of carbonyl (C=O) groups excluding carboxylic acids is 1. The fourth-order valence-corrected chi connectivity index (χ4v) is 2.68. The molecule has 3 aromatic rings. The molecule has 0 saturated heterocycles. The molecule has 0 fully saturated rings. The van der Waals surface area contributed by atoms with Gasteiger partial charge in [-0.2, -0.15) is 10.1 Å². The molecule has 0 saturated carbocycles. The minimum Gasteiger partial charge on any atom is -0.337 e. The van der Waals surface area contributed by atoms with E-state index in [1.54, 1.807) is 23.9 Å². The molecule has 2 aromatic heterocycles. The van der Waals surface area contributed by atoms with Crippen molar-refractivity contribution in [3.63, 3.8) is 0 Å². The van der Waals surface area contributed by atoms with Crippen molar-refractivity contribution in [3.8, 4) is 5.69 Å². The molecule has 0 bridgehead atoms. The quantitative estimate of drug-likeness (QED) is 0.678. The Balaban J connectivity index is 1.83. The van der Waals surface area contributed by atoms with Crippen molar-refractivity contribution in [3.05, 3.63) is 59.3 Å². The summed E-state index contributed by atoms with van der Waals surface area (Å²) in [5, 5.41) is 8.14. The van der Waals surface area contributed by atoms with Gasteiger partial charge in [0.05, 0.1) is 29.7 Å². The molecule has 8 heteroatoms. The van der Waals surface area contributed by atoms with Crippen LogP contribution in [0.5, 0.6) is 0 Å². The highest BCUT2D eigenvalue weighted by atomic mass is 19.1. The Bertz CT molecular complexity index is 901. The summed E-state index contributed by atoms with van der Waals surface area (Å²) in [4.78, 5) is 18.6. The summed E-state index contributed by atoms with van der Waals surface area (Å²) in [6.07, 6.45) is 2.81. The van der Waals surface area contributed by atoms with Gasteiger partial charge in [0.15, 0.2) is 5.82 Å². The number of hydrogen-bond donors (Lipinski definition) is 0. The van der Waals surface area contributed by atoms with Gasteiger partial charge >= 0.3 is 0 Å². The average molecular weight is 357 g/mol. The number of nitrogens with zero attached hydrogens (tertiary/aromatic N) is 5. The van der Waals surface area contributed by atoms with E-state index < -0.39 is 0 Å². The molecule has 0 aliphatic carbocycles. The number of hydrogen-bond acceptors (Lipinski definition) is 5. The lowest BCUT2D eigenvalue weighted by atomic mass is 10.1. The normalized spacial score (nSPS) is 10.9. The summed E-state index contributed by atoms with van der Waals surface area (Å²) in [5.41, 5.74) is 1.96. The first-order chi connectivity index (χ1) is 12.5. The molecule has 7 nitrogen and oxygen atoms in total. The molecule has 0 aliphatic heterocycles. The van der Waals surface area contributed by atoms with Crippen molar-refractivity contribution < 1.29 is 13.7 Å². The van der Waals surface area contributed by atoms with Crippen molar-refractivity contribution in [2.24, 2.45) is 0 Å². The third-order valence-corrected chi connectivity index (χ3v) is 4.05. The van der Waals surface area contributed by atoms with Crippen molar-refractivity contribution in [1.82, 2.24) is 24.8 Å². The standard InChI is InChI=1S/C18H20FN5O2/c1-4-15-14(10-20-24(15)13-8-6-12(19)7-9-13)18(25)23(3)11-17-21-16(5-2)22-26-17/h6-10H,4-5,11H2,1-3H3. The molecule has 2 heterocycles. The van der Waals surface area contributed by atoms with E-state index in [-0.39, 0.29) is 18.3 Å². The van der Waals surface area contributed by atoms with Gasteiger partial charge < -0.3 is 9.42 Å². The van der Waals surface area contributed by atoms with Crippen molar-refractivity contribution >= 4 is 5.91 Å². The second-order valence-corrected chi connectivity index (χ2v) is 5.87. The monoisotopic (exact) mass is 357 g/mol. The third-order valence-electron chi connectivity index (χ3n) is 4.05. The van der Waals surface area contributed by atoms with E-state index in [2.05, 4.69) is 15.2 Å². The van der Waals surface area contributed by atoms with E-state index in [1.807, 2.05) is 13.8 Å². The van der Waals surface area contributed by atoms with E-state index in [0.29, 0.717) is 35.8 Å². The molecule has 1 amide bonds. The van der Waals surface area contributed by atoms with Gasteiger partial charge in [-0.05, 0) is 30.7 Å². The van der Waals surface area contributed by atoms with Gasteiger partial charge in [-0.15, -0.1) is 0 Å². The predicted octanol–water partition coefficient (Wildman–Crippen LogP) is 2.79. The lowest BCUT2D eigenvalue weighted by Gasteiger charge is -2.15. The summed E-state index contributed by atoms with van der Waals surface area (Å²) >= 11 is 0. The van der Waals surface area contributed by atoms with Crippen LogP contribution in [0.25, 0.3) is 5.69 Å². The highest BCUT2D eigenvalue weighted by Gasteiger charge is 2.22. The largest absolute Gasteiger partial charge is 0.337 e. The summed E-state index contributed by atoms with van der Waals surface area (Å²) in [6.45, 7) is 4.09. The first kappa shape index (κ1) is 17.8. The minimum absolute atomic E-state index is 0.188. The lowest BCUT2D eigenvalue weighted by Crippen LogP contribution is -2.27. The molecule has 0 unspecified atom stereocenters. The summed E-state index contributed by atoms with van der Waals surface area (Å²) < 4.78 is 19.9. The number of carbonyl (C=O) groups is 1. The molecule has 0 spiro atoms. The van der Waals surface area contributed by atoms with Crippen LogP contribution in [0.2, 0.25) is 0 Å². The number of halogens is 1. The van der Waals surface area contributed by atoms with Gasteiger partial charge in [-0.25, -0.2) is 9.07 Å². The highest BCUT2D eigenvalue weighted by Crippen LogP contribution is 2.18. The fourth-order valence-electron chi connectivity index (χ4n) is 2.68. The van der Waals surface area contributed by atoms with Crippen LogP contribution in [0.15, 0.2) is 35.0 Å². The maximum Gasteiger partial charge on any atom is 0.257 e. The SMILES string of the molecule is CCc1noc(CN(C)C(=O)c2cnn(-c3ccc(F)cc3)c2CC)n1. The zero-order valence-electron chi connectivity index (χ0n) is 14.9. The smallest absolute Gasteiger partial charge is 0.257 e. The van der Waals surface area contributed by atoms with E-state index in [4.69, 9.17) is 4.52 Å². The Morgan fingerprint density at radius 1 is 1.23 bits per heavy atom. The first-order valence-electron chi connectivity index (χ1n) is 8.43. The van der Waals surface area contributed by atoms with Gasteiger partial charge in [0, 0.05) is 13.5 Å². The maximum atomic E-state index is 13.1. The topological polar surface area (TPSA) is 77.0 Å². The van der Waals surface area contributed by atoms with Crippen molar-refractivity contribution in [2.75, 3.05) is 7.05 Å². The first-order valence-corrected chi connectivity index (χ1v) is 8.43. The molecular formula is C18H20FN5O2. The molecule has 0 atom stereocenters. The maximum absolute atomic E-state index is 13.1. The summed E-state index contributed by atoms with van der Waals surface area (Å²) in [6, 6.07) is 5.99. The molecule has 0 aliphatic rings. The second-order valence-electron chi connectivity index (χ2n) is 5.87. The van der Waals surface area contributed by atoms with Gasteiger partial charge in [-0.3, -0.25) is 4.79 Å². The minimum atomic E-state index is -0.319. The number of benzene rings is 1. The van der Waals surface area contributed by atoms with Crippen LogP contribution in [-0.4, -0.2) is 37.8 Å². The van der Waals surface area contributed by atoms with E-state index >= 15 is 0 Å². The molecule has 0 N–H and O–H groups in total. The Morgan fingerprint density at radius 3 is 2.58 bits per heavy atom. The molecular weight excluding hydrogens is 337 g/mol.